The van der Waals surface area contributed by atoms with Crippen molar-refractivity contribution in [2.45, 2.75) is 6.92 Å². The summed E-state index contributed by atoms with van der Waals surface area (Å²) in [4.78, 5) is 8.57. The van der Waals surface area contributed by atoms with Gasteiger partial charge >= 0.3 is 0 Å². The quantitative estimate of drug-likeness (QED) is 0.655. The molecule has 112 valence electrons. The average molecular weight is 352 g/mol. The summed E-state index contributed by atoms with van der Waals surface area (Å²) >= 11 is 13.7. The number of hydrogen-bond acceptors (Lipinski definition) is 5. The topological polar surface area (TPSA) is 47.0 Å². The van der Waals surface area contributed by atoms with Crippen molar-refractivity contribution in [2.75, 3.05) is 5.32 Å². The summed E-state index contributed by atoms with van der Waals surface area (Å²) in [5, 5.41) is 6.78. The first-order valence-corrected chi connectivity index (χ1v) is 8.02. The summed E-state index contributed by atoms with van der Waals surface area (Å²) in [7, 11) is 0. The predicted octanol–water partition coefficient (Wildman–Crippen LogP) is 5.69. The molecule has 1 aromatic carbocycles. The fourth-order valence-corrected chi connectivity index (χ4v) is 2.93. The Balaban J connectivity index is 1.82. The third-order valence-electron chi connectivity index (χ3n) is 2.72. The number of nitrogens with one attached hydrogen (secondary N) is 1. The van der Waals surface area contributed by atoms with Gasteiger partial charge in [0.15, 0.2) is 10.9 Å². The lowest BCUT2D eigenvalue weighted by Gasteiger charge is -2.10. The fourth-order valence-electron chi connectivity index (χ4n) is 1.76. The monoisotopic (exact) mass is 351 g/mol. The molecule has 0 atom stereocenters. The number of para-hydroxylation sites is 1. The summed E-state index contributed by atoms with van der Waals surface area (Å²) in [6, 6.07) is 8.71. The standard InChI is InChI=1S/C15H11Cl2N3OS/c1-9-8-22-15(19-9)20-13-7-10(5-6-18-13)21-14-11(16)3-2-4-12(14)17/h2-8H,1H3,(H,18,19,20). The highest BCUT2D eigenvalue weighted by atomic mass is 35.5. The first-order valence-electron chi connectivity index (χ1n) is 6.39. The molecular formula is C15H11Cl2N3OS. The van der Waals surface area contributed by atoms with Crippen LogP contribution < -0.4 is 10.1 Å². The number of nitrogens with zero attached hydrogens (tertiary/aromatic N) is 2. The van der Waals surface area contributed by atoms with Crippen molar-refractivity contribution in [1.82, 2.24) is 9.97 Å². The van der Waals surface area contributed by atoms with Gasteiger partial charge in [0.2, 0.25) is 0 Å². The van der Waals surface area contributed by atoms with Gasteiger partial charge in [0.1, 0.15) is 11.6 Å². The maximum absolute atomic E-state index is 6.10. The van der Waals surface area contributed by atoms with Gasteiger partial charge in [-0.15, -0.1) is 11.3 Å². The molecule has 0 saturated carbocycles. The van der Waals surface area contributed by atoms with E-state index in [1.165, 1.54) is 11.3 Å². The van der Waals surface area contributed by atoms with E-state index in [2.05, 4.69) is 15.3 Å². The van der Waals surface area contributed by atoms with Crippen LogP contribution in [0.3, 0.4) is 0 Å². The molecule has 0 aliphatic carbocycles. The Bertz CT molecular complexity index is 787. The molecule has 0 aliphatic rings. The zero-order valence-corrected chi connectivity index (χ0v) is 13.8. The van der Waals surface area contributed by atoms with Crippen LogP contribution in [-0.4, -0.2) is 9.97 Å². The maximum atomic E-state index is 6.10. The average Bonchev–Trinajstić information content (AvgIpc) is 2.89. The van der Waals surface area contributed by atoms with E-state index in [1.54, 1.807) is 36.5 Å². The minimum atomic E-state index is 0.424. The smallest absolute Gasteiger partial charge is 0.188 e. The van der Waals surface area contributed by atoms with Crippen molar-refractivity contribution >= 4 is 45.5 Å². The summed E-state index contributed by atoms with van der Waals surface area (Å²) in [5.41, 5.74) is 0.961. The van der Waals surface area contributed by atoms with Crippen LogP contribution in [0.25, 0.3) is 0 Å². The first kappa shape index (κ1) is 15.1. The maximum Gasteiger partial charge on any atom is 0.188 e. The number of benzene rings is 1. The van der Waals surface area contributed by atoms with E-state index in [9.17, 15) is 0 Å². The third-order valence-corrected chi connectivity index (χ3v) is 4.20. The molecular weight excluding hydrogens is 341 g/mol. The van der Waals surface area contributed by atoms with Gasteiger partial charge in [0.25, 0.3) is 0 Å². The molecule has 4 nitrogen and oxygen atoms in total. The van der Waals surface area contributed by atoms with Gasteiger partial charge in [-0.25, -0.2) is 9.97 Å². The molecule has 0 bridgehead atoms. The van der Waals surface area contributed by atoms with Crippen LogP contribution in [-0.2, 0) is 0 Å². The third kappa shape index (κ3) is 3.50. The van der Waals surface area contributed by atoms with E-state index in [0.717, 1.165) is 10.8 Å². The largest absolute Gasteiger partial charge is 0.454 e. The number of pyridine rings is 1. The van der Waals surface area contributed by atoms with E-state index < -0.39 is 0 Å². The molecule has 0 aliphatic heterocycles. The fraction of sp³-hybridized carbons (Fsp3) is 0.0667. The van der Waals surface area contributed by atoms with Crippen molar-refractivity contribution in [3.05, 3.63) is 57.6 Å². The summed E-state index contributed by atoms with van der Waals surface area (Å²) in [6.07, 6.45) is 1.64. The van der Waals surface area contributed by atoms with Crippen molar-refractivity contribution < 1.29 is 4.74 Å². The van der Waals surface area contributed by atoms with Gasteiger partial charge < -0.3 is 10.1 Å². The molecule has 7 heteroatoms. The van der Waals surface area contributed by atoms with Crippen LogP contribution in [0.2, 0.25) is 10.0 Å². The van der Waals surface area contributed by atoms with Gasteiger partial charge in [-0.3, -0.25) is 0 Å². The highest BCUT2D eigenvalue weighted by Crippen LogP contribution is 2.36. The molecule has 2 aromatic heterocycles. The Hall–Kier alpha value is -1.82. The second-order valence-corrected chi connectivity index (χ2v) is 6.12. The molecule has 2 heterocycles. The van der Waals surface area contributed by atoms with Crippen LogP contribution in [0.15, 0.2) is 41.9 Å². The van der Waals surface area contributed by atoms with Crippen molar-refractivity contribution in [3.8, 4) is 11.5 Å². The lowest BCUT2D eigenvalue weighted by Crippen LogP contribution is -1.94. The number of aryl methyl sites for hydroxylation is 1. The Labute approximate surface area is 141 Å². The van der Waals surface area contributed by atoms with Crippen molar-refractivity contribution in [2.24, 2.45) is 0 Å². The van der Waals surface area contributed by atoms with Crippen LogP contribution in [0.4, 0.5) is 10.9 Å². The van der Waals surface area contributed by atoms with Gasteiger partial charge in [0.05, 0.1) is 15.7 Å². The molecule has 22 heavy (non-hydrogen) atoms. The molecule has 3 aromatic rings. The lowest BCUT2D eigenvalue weighted by atomic mass is 10.3. The number of ether oxygens (including phenoxy) is 1. The van der Waals surface area contributed by atoms with Gasteiger partial charge in [-0.05, 0) is 25.1 Å². The number of hydrogen-bond donors (Lipinski definition) is 1. The SMILES string of the molecule is Cc1csc(Nc2cc(Oc3c(Cl)cccc3Cl)ccn2)n1. The number of anilines is 2. The van der Waals surface area contributed by atoms with Crippen LogP contribution in [0.5, 0.6) is 11.5 Å². The predicted molar refractivity (Wildman–Crippen MR) is 90.9 cm³/mol. The molecule has 0 spiro atoms. The van der Waals surface area contributed by atoms with Crippen LogP contribution in [0, 0.1) is 6.92 Å². The van der Waals surface area contributed by atoms with Crippen molar-refractivity contribution in [1.29, 1.82) is 0 Å². The second-order valence-electron chi connectivity index (χ2n) is 4.45. The van der Waals surface area contributed by atoms with E-state index in [4.69, 9.17) is 27.9 Å². The van der Waals surface area contributed by atoms with Crippen LogP contribution in [0.1, 0.15) is 5.69 Å². The first-order chi connectivity index (χ1) is 10.6. The zero-order valence-electron chi connectivity index (χ0n) is 11.5. The van der Waals surface area contributed by atoms with E-state index in [-0.39, 0.29) is 0 Å². The summed E-state index contributed by atoms with van der Waals surface area (Å²) < 4.78 is 5.76. The van der Waals surface area contributed by atoms with Crippen LogP contribution >= 0.6 is 34.5 Å². The van der Waals surface area contributed by atoms with E-state index in [1.807, 2.05) is 12.3 Å². The normalized spacial score (nSPS) is 10.5. The van der Waals surface area contributed by atoms with E-state index >= 15 is 0 Å². The molecule has 0 unspecified atom stereocenters. The molecule has 0 saturated heterocycles. The minimum absolute atomic E-state index is 0.424. The second kappa shape index (κ2) is 6.52. The number of halogens is 2. The Kier molecular flexibility index (Phi) is 4.47. The van der Waals surface area contributed by atoms with Crippen molar-refractivity contribution in [3.63, 3.8) is 0 Å². The summed E-state index contributed by atoms with van der Waals surface area (Å²) in [6.45, 7) is 1.94. The van der Waals surface area contributed by atoms with Gasteiger partial charge in [0, 0.05) is 17.6 Å². The Morgan fingerprint density at radius 1 is 1.18 bits per heavy atom. The number of aromatic nitrogens is 2. The highest BCUT2D eigenvalue weighted by molar-refractivity contribution is 7.13. The molecule has 1 N–H and O–H groups in total. The molecule has 0 radical (unpaired) electrons. The lowest BCUT2D eigenvalue weighted by molar-refractivity contribution is 0.483. The number of rotatable bonds is 4. The minimum Gasteiger partial charge on any atom is -0.454 e. The Morgan fingerprint density at radius 3 is 2.64 bits per heavy atom. The molecule has 3 rings (SSSR count). The van der Waals surface area contributed by atoms with Gasteiger partial charge in [-0.2, -0.15) is 0 Å². The Morgan fingerprint density at radius 2 is 1.95 bits per heavy atom. The van der Waals surface area contributed by atoms with Gasteiger partial charge in [-0.1, -0.05) is 29.3 Å². The number of thiazole rings is 1. The summed E-state index contributed by atoms with van der Waals surface area (Å²) in [5.74, 6) is 1.64. The molecule has 0 amide bonds. The van der Waals surface area contributed by atoms with E-state index in [0.29, 0.717) is 27.4 Å². The molecule has 0 fully saturated rings. The zero-order chi connectivity index (χ0) is 15.5. The highest BCUT2D eigenvalue weighted by Gasteiger charge is 2.09.